The topological polar surface area (TPSA) is 106 Å². The van der Waals surface area contributed by atoms with Gasteiger partial charge in [0.25, 0.3) is 0 Å². The molecular weight excluding hydrogens is 358 g/mol. The van der Waals surface area contributed by atoms with Gasteiger partial charge in [0, 0.05) is 25.1 Å². The van der Waals surface area contributed by atoms with Crippen molar-refractivity contribution in [1.82, 2.24) is 4.98 Å². The lowest BCUT2D eigenvalue weighted by molar-refractivity contribution is -0.118. The SMILES string of the molecule is COc1ccc(-c2ccc(C(=O)O)c(N3CCC[C@H](CCC(N)=O)C3)n2)cc1. The van der Waals surface area contributed by atoms with E-state index >= 15 is 0 Å². The molecule has 7 heteroatoms. The summed E-state index contributed by atoms with van der Waals surface area (Å²) in [4.78, 5) is 29.5. The van der Waals surface area contributed by atoms with E-state index in [9.17, 15) is 14.7 Å². The molecule has 2 heterocycles. The number of hydrogen-bond donors (Lipinski definition) is 2. The smallest absolute Gasteiger partial charge is 0.339 e. The van der Waals surface area contributed by atoms with Gasteiger partial charge in [-0.1, -0.05) is 0 Å². The number of carbonyl (C=O) groups excluding carboxylic acids is 1. The maximum Gasteiger partial charge on any atom is 0.339 e. The van der Waals surface area contributed by atoms with Crippen LogP contribution in [0.15, 0.2) is 36.4 Å². The van der Waals surface area contributed by atoms with Crippen LogP contribution in [0.25, 0.3) is 11.3 Å². The van der Waals surface area contributed by atoms with Crippen LogP contribution >= 0.6 is 0 Å². The number of hydrogen-bond acceptors (Lipinski definition) is 5. The molecule has 0 unspecified atom stereocenters. The van der Waals surface area contributed by atoms with Crippen molar-refractivity contribution < 1.29 is 19.4 Å². The van der Waals surface area contributed by atoms with Crippen molar-refractivity contribution in [3.05, 3.63) is 42.0 Å². The zero-order valence-corrected chi connectivity index (χ0v) is 15.9. The Hall–Kier alpha value is -3.09. The van der Waals surface area contributed by atoms with E-state index in [1.54, 1.807) is 19.2 Å². The van der Waals surface area contributed by atoms with Gasteiger partial charge in [0.05, 0.1) is 12.8 Å². The Morgan fingerprint density at radius 3 is 2.64 bits per heavy atom. The van der Waals surface area contributed by atoms with Crippen molar-refractivity contribution in [2.24, 2.45) is 11.7 Å². The number of carboxylic acid groups (broad SMARTS) is 1. The molecule has 1 fully saturated rings. The number of methoxy groups -OCH3 is 1. The third-order valence-corrected chi connectivity index (χ3v) is 5.11. The van der Waals surface area contributed by atoms with Crippen LogP contribution in [0.5, 0.6) is 5.75 Å². The molecule has 1 aliphatic heterocycles. The quantitative estimate of drug-likeness (QED) is 0.761. The molecule has 3 rings (SSSR count). The fraction of sp³-hybridized carbons (Fsp3) is 0.381. The average Bonchev–Trinajstić information content (AvgIpc) is 2.72. The minimum atomic E-state index is -0.997. The number of carboxylic acids is 1. The number of aromatic carboxylic acids is 1. The Balaban J connectivity index is 1.88. The fourth-order valence-corrected chi connectivity index (χ4v) is 3.62. The van der Waals surface area contributed by atoms with E-state index in [1.807, 2.05) is 29.2 Å². The third kappa shape index (κ3) is 4.60. The Kier molecular flexibility index (Phi) is 6.13. The van der Waals surface area contributed by atoms with Gasteiger partial charge < -0.3 is 20.5 Å². The number of carbonyl (C=O) groups is 2. The van der Waals surface area contributed by atoms with Gasteiger partial charge in [-0.25, -0.2) is 9.78 Å². The number of rotatable bonds is 7. The predicted molar refractivity (Wildman–Crippen MR) is 107 cm³/mol. The summed E-state index contributed by atoms with van der Waals surface area (Å²) in [5, 5.41) is 9.62. The molecule has 28 heavy (non-hydrogen) atoms. The minimum Gasteiger partial charge on any atom is -0.497 e. The summed E-state index contributed by atoms with van der Waals surface area (Å²) >= 11 is 0. The summed E-state index contributed by atoms with van der Waals surface area (Å²) in [7, 11) is 1.61. The van der Waals surface area contributed by atoms with E-state index in [-0.39, 0.29) is 11.5 Å². The number of nitrogens with zero attached hydrogens (tertiary/aromatic N) is 2. The van der Waals surface area contributed by atoms with Crippen molar-refractivity contribution in [3.63, 3.8) is 0 Å². The van der Waals surface area contributed by atoms with Gasteiger partial charge in [-0.05, 0) is 61.6 Å². The van der Waals surface area contributed by atoms with Gasteiger partial charge in [0.15, 0.2) is 0 Å². The largest absolute Gasteiger partial charge is 0.497 e. The highest BCUT2D eigenvalue weighted by atomic mass is 16.5. The first-order valence-electron chi connectivity index (χ1n) is 9.40. The van der Waals surface area contributed by atoms with E-state index < -0.39 is 5.97 Å². The summed E-state index contributed by atoms with van der Waals surface area (Å²) in [6.07, 6.45) is 3.00. The van der Waals surface area contributed by atoms with Crippen LogP contribution in [-0.2, 0) is 4.79 Å². The van der Waals surface area contributed by atoms with Crippen LogP contribution in [0, 0.1) is 5.92 Å². The molecule has 1 atom stereocenters. The number of aromatic nitrogens is 1. The number of anilines is 1. The summed E-state index contributed by atoms with van der Waals surface area (Å²) < 4.78 is 5.19. The lowest BCUT2D eigenvalue weighted by Gasteiger charge is -2.34. The monoisotopic (exact) mass is 383 g/mol. The zero-order valence-electron chi connectivity index (χ0n) is 15.9. The second-order valence-electron chi connectivity index (χ2n) is 7.06. The normalized spacial score (nSPS) is 16.6. The van der Waals surface area contributed by atoms with Crippen molar-refractivity contribution >= 4 is 17.7 Å². The molecule has 0 saturated carbocycles. The molecule has 1 aliphatic rings. The molecule has 1 aromatic heterocycles. The van der Waals surface area contributed by atoms with Crippen LogP contribution in [-0.4, -0.2) is 42.2 Å². The molecule has 1 saturated heterocycles. The van der Waals surface area contributed by atoms with E-state index in [0.717, 1.165) is 30.7 Å². The molecule has 3 N–H and O–H groups in total. The highest BCUT2D eigenvalue weighted by Gasteiger charge is 2.25. The van der Waals surface area contributed by atoms with Gasteiger partial charge in [-0.2, -0.15) is 0 Å². The zero-order chi connectivity index (χ0) is 20.1. The molecule has 1 aromatic carbocycles. The maximum absolute atomic E-state index is 11.7. The number of benzene rings is 1. The minimum absolute atomic E-state index is 0.188. The maximum atomic E-state index is 11.7. The van der Waals surface area contributed by atoms with Gasteiger partial charge in [0.2, 0.25) is 5.91 Å². The summed E-state index contributed by atoms with van der Waals surface area (Å²) in [6, 6.07) is 10.8. The van der Waals surface area contributed by atoms with Crippen LogP contribution in [0.2, 0.25) is 0 Å². The number of amides is 1. The molecule has 1 amide bonds. The molecule has 0 bridgehead atoms. The van der Waals surface area contributed by atoms with Gasteiger partial charge >= 0.3 is 5.97 Å². The average molecular weight is 383 g/mol. The Labute approximate surface area is 164 Å². The molecule has 2 aromatic rings. The number of ether oxygens (including phenoxy) is 1. The van der Waals surface area contributed by atoms with Gasteiger partial charge in [-0.15, -0.1) is 0 Å². The van der Waals surface area contributed by atoms with Gasteiger partial charge in [0.1, 0.15) is 17.1 Å². The molecule has 0 spiro atoms. The third-order valence-electron chi connectivity index (χ3n) is 5.11. The number of pyridine rings is 1. The molecule has 0 aliphatic carbocycles. The summed E-state index contributed by atoms with van der Waals surface area (Å²) in [6.45, 7) is 1.42. The van der Waals surface area contributed by atoms with Crippen molar-refractivity contribution in [2.75, 3.05) is 25.1 Å². The van der Waals surface area contributed by atoms with Crippen LogP contribution < -0.4 is 15.4 Å². The van der Waals surface area contributed by atoms with Crippen LogP contribution in [0.4, 0.5) is 5.82 Å². The van der Waals surface area contributed by atoms with Gasteiger partial charge in [-0.3, -0.25) is 4.79 Å². The lowest BCUT2D eigenvalue weighted by Crippen LogP contribution is -2.37. The predicted octanol–water partition coefficient (Wildman–Crippen LogP) is 2.94. The van der Waals surface area contributed by atoms with Crippen molar-refractivity contribution in [1.29, 1.82) is 0 Å². The Morgan fingerprint density at radius 1 is 1.25 bits per heavy atom. The molecular formula is C21H25N3O4. The van der Waals surface area contributed by atoms with E-state index in [2.05, 4.69) is 4.98 Å². The van der Waals surface area contributed by atoms with Crippen LogP contribution in [0.1, 0.15) is 36.0 Å². The Morgan fingerprint density at radius 2 is 2.00 bits per heavy atom. The van der Waals surface area contributed by atoms with E-state index in [1.165, 1.54) is 0 Å². The highest BCUT2D eigenvalue weighted by molar-refractivity contribution is 5.94. The molecule has 7 nitrogen and oxygen atoms in total. The Bertz CT molecular complexity index is 851. The highest BCUT2D eigenvalue weighted by Crippen LogP contribution is 2.30. The number of piperidine rings is 1. The summed E-state index contributed by atoms with van der Waals surface area (Å²) in [5.41, 5.74) is 7.06. The first kappa shape index (κ1) is 19.7. The van der Waals surface area contributed by atoms with E-state index in [4.69, 9.17) is 10.5 Å². The second kappa shape index (κ2) is 8.73. The fourth-order valence-electron chi connectivity index (χ4n) is 3.62. The number of primary amides is 1. The second-order valence-corrected chi connectivity index (χ2v) is 7.06. The van der Waals surface area contributed by atoms with Crippen LogP contribution in [0.3, 0.4) is 0 Å². The molecule has 148 valence electrons. The molecule has 0 radical (unpaired) electrons. The summed E-state index contributed by atoms with van der Waals surface area (Å²) in [5.74, 6) is 0.226. The van der Waals surface area contributed by atoms with Crippen molar-refractivity contribution in [3.8, 4) is 17.0 Å². The first-order valence-corrected chi connectivity index (χ1v) is 9.40. The standard InChI is InChI=1S/C21H25N3O4/c1-28-16-7-5-15(6-8-16)18-10-9-17(21(26)27)20(23-18)24-12-2-3-14(13-24)4-11-19(22)25/h5-10,14H,2-4,11-13H2,1H3,(H2,22,25)(H,26,27)/t14-/m1/s1. The lowest BCUT2D eigenvalue weighted by atomic mass is 9.93. The van der Waals surface area contributed by atoms with E-state index in [0.29, 0.717) is 36.8 Å². The number of nitrogens with two attached hydrogens (primary N) is 1. The first-order chi connectivity index (χ1) is 13.5. The van der Waals surface area contributed by atoms with Crippen molar-refractivity contribution in [2.45, 2.75) is 25.7 Å².